The molecule has 0 aliphatic heterocycles. The minimum Gasteiger partial charge on any atom is -0.352 e. The van der Waals surface area contributed by atoms with Crippen LogP contribution in [0.1, 0.15) is 6.42 Å². The van der Waals surface area contributed by atoms with Crippen molar-refractivity contribution in [2.75, 3.05) is 14.2 Å². The predicted molar refractivity (Wildman–Crippen MR) is 44.5 cm³/mol. The number of fused-ring (bicyclic) bond motifs is 5. The van der Waals surface area contributed by atoms with Crippen LogP contribution < -0.4 is 0 Å². The second kappa shape index (κ2) is 1.94. The smallest absolute Gasteiger partial charge is 0.180 e. The van der Waals surface area contributed by atoms with Gasteiger partial charge in [0, 0.05) is 26.1 Å². The molecule has 3 rings (SSSR count). The summed E-state index contributed by atoms with van der Waals surface area (Å²) in [6, 6.07) is 0. The standard InChI is InChI=1S/C10H14O2/c1-11-10(12-2)8-3-4-9(10)7-5-6(7)8/h3-4,6-9H,5H2,1-2H3. The van der Waals surface area contributed by atoms with E-state index < -0.39 is 0 Å². The van der Waals surface area contributed by atoms with E-state index in [2.05, 4.69) is 12.2 Å². The van der Waals surface area contributed by atoms with E-state index in [-0.39, 0.29) is 5.79 Å². The molecule has 0 amide bonds. The van der Waals surface area contributed by atoms with Crippen LogP contribution >= 0.6 is 0 Å². The highest BCUT2D eigenvalue weighted by Crippen LogP contribution is 2.68. The SMILES string of the molecule is COC1(OC)C2C=CC1C1CC12. The van der Waals surface area contributed by atoms with E-state index in [1.807, 2.05) is 0 Å². The fraction of sp³-hybridized carbons (Fsp3) is 0.800. The second-order valence-corrected chi connectivity index (χ2v) is 4.13. The Kier molecular flexibility index (Phi) is 1.15. The Balaban J connectivity index is 2.00. The van der Waals surface area contributed by atoms with Crippen LogP contribution in [0.4, 0.5) is 0 Å². The first-order valence-corrected chi connectivity index (χ1v) is 4.62. The Morgan fingerprint density at radius 2 is 1.58 bits per heavy atom. The maximum atomic E-state index is 5.55. The zero-order chi connectivity index (χ0) is 8.34. The molecule has 4 unspecified atom stereocenters. The fourth-order valence-electron chi connectivity index (χ4n) is 3.30. The van der Waals surface area contributed by atoms with Crippen molar-refractivity contribution in [2.45, 2.75) is 12.2 Å². The molecule has 0 aromatic carbocycles. The summed E-state index contributed by atoms with van der Waals surface area (Å²) < 4.78 is 11.1. The maximum Gasteiger partial charge on any atom is 0.180 e. The Labute approximate surface area is 72.5 Å². The number of rotatable bonds is 2. The molecule has 0 saturated heterocycles. The lowest BCUT2D eigenvalue weighted by Crippen LogP contribution is -2.41. The molecular formula is C10H14O2. The van der Waals surface area contributed by atoms with Gasteiger partial charge in [-0.1, -0.05) is 12.2 Å². The van der Waals surface area contributed by atoms with Crippen molar-refractivity contribution in [3.8, 4) is 0 Å². The van der Waals surface area contributed by atoms with Crippen LogP contribution in [0, 0.1) is 23.7 Å². The van der Waals surface area contributed by atoms with Crippen LogP contribution in [0.3, 0.4) is 0 Å². The molecule has 2 bridgehead atoms. The van der Waals surface area contributed by atoms with E-state index >= 15 is 0 Å². The molecule has 2 fully saturated rings. The quantitative estimate of drug-likeness (QED) is 0.456. The molecule has 4 atom stereocenters. The van der Waals surface area contributed by atoms with Gasteiger partial charge in [-0.15, -0.1) is 0 Å². The van der Waals surface area contributed by atoms with E-state index in [4.69, 9.17) is 9.47 Å². The van der Waals surface area contributed by atoms with Gasteiger partial charge < -0.3 is 9.47 Å². The molecule has 0 radical (unpaired) electrons. The molecule has 2 saturated carbocycles. The molecule has 0 spiro atoms. The molecule has 0 N–H and O–H groups in total. The minimum absolute atomic E-state index is 0.284. The van der Waals surface area contributed by atoms with Gasteiger partial charge in [0.2, 0.25) is 0 Å². The lowest BCUT2D eigenvalue weighted by molar-refractivity contribution is -0.238. The van der Waals surface area contributed by atoms with E-state index in [1.165, 1.54) is 6.42 Å². The average Bonchev–Trinajstić information content (AvgIpc) is 2.79. The van der Waals surface area contributed by atoms with Crippen LogP contribution in [0.5, 0.6) is 0 Å². The molecule has 0 heterocycles. The summed E-state index contributed by atoms with van der Waals surface area (Å²) in [6.07, 6.45) is 5.95. The van der Waals surface area contributed by atoms with Gasteiger partial charge in [0.15, 0.2) is 5.79 Å². The van der Waals surface area contributed by atoms with E-state index in [9.17, 15) is 0 Å². The highest BCUT2D eigenvalue weighted by molar-refractivity contribution is 5.28. The van der Waals surface area contributed by atoms with Gasteiger partial charge in [-0.2, -0.15) is 0 Å². The number of ether oxygens (including phenoxy) is 2. The first kappa shape index (κ1) is 7.10. The monoisotopic (exact) mass is 166 g/mol. The lowest BCUT2D eigenvalue weighted by Gasteiger charge is -2.33. The van der Waals surface area contributed by atoms with Crippen molar-refractivity contribution in [1.29, 1.82) is 0 Å². The van der Waals surface area contributed by atoms with Gasteiger partial charge in [-0.25, -0.2) is 0 Å². The van der Waals surface area contributed by atoms with Gasteiger partial charge in [0.05, 0.1) is 0 Å². The Hall–Kier alpha value is -0.340. The number of hydrogen-bond donors (Lipinski definition) is 0. The fourth-order valence-corrected chi connectivity index (χ4v) is 3.30. The predicted octanol–water partition coefficient (Wildman–Crippen LogP) is 1.43. The third-order valence-electron chi connectivity index (χ3n) is 3.91. The van der Waals surface area contributed by atoms with Gasteiger partial charge in [0.25, 0.3) is 0 Å². The minimum atomic E-state index is -0.284. The zero-order valence-electron chi connectivity index (χ0n) is 7.49. The summed E-state index contributed by atoms with van der Waals surface area (Å²) in [5.41, 5.74) is 0. The van der Waals surface area contributed by atoms with Crippen LogP contribution in [0.25, 0.3) is 0 Å². The average molecular weight is 166 g/mol. The van der Waals surface area contributed by atoms with Crippen molar-refractivity contribution in [2.24, 2.45) is 23.7 Å². The van der Waals surface area contributed by atoms with Crippen molar-refractivity contribution in [3.63, 3.8) is 0 Å². The molecule has 12 heavy (non-hydrogen) atoms. The lowest BCUT2D eigenvalue weighted by atomic mass is 9.97. The second-order valence-electron chi connectivity index (χ2n) is 4.13. The normalized spacial score (nSPS) is 51.2. The molecule has 0 aromatic heterocycles. The Morgan fingerprint density at radius 1 is 1.08 bits per heavy atom. The number of methoxy groups -OCH3 is 2. The van der Waals surface area contributed by atoms with Crippen LogP contribution in [0.15, 0.2) is 12.2 Å². The third kappa shape index (κ3) is 0.539. The summed E-state index contributed by atoms with van der Waals surface area (Å²) in [4.78, 5) is 0. The molecule has 2 heteroatoms. The van der Waals surface area contributed by atoms with Crippen molar-refractivity contribution in [1.82, 2.24) is 0 Å². The van der Waals surface area contributed by atoms with E-state index in [1.54, 1.807) is 14.2 Å². The Morgan fingerprint density at radius 3 is 1.92 bits per heavy atom. The topological polar surface area (TPSA) is 18.5 Å². The molecular weight excluding hydrogens is 152 g/mol. The third-order valence-corrected chi connectivity index (χ3v) is 3.91. The summed E-state index contributed by atoms with van der Waals surface area (Å²) in [7, 11) is 3.53. The van der Waals surface area contributed by atoms with Crippen LogP contribution in [-0.4, -0.2) is 20.0 Å². The highest BCUT2D eigenvalue weighted by Gasteiger charge is 2.69. The van der Waals surface area contributed by atoms with Crippen molar-refractivity contribution < 1.29 is 9.47 Å². The van der Waals surface area contributed by atoms with E-state index in [0.29, 0.717) is 11.8 Å². The van der Waals surface area contributed by atoms with Gasteiger partial charge >= 0.3 is 0 Å². The summed E-state index contributed by atoms with van der Waals surface area (Å²) >= 11 is 0. The van der Waals surface area contributed by atoms with Gasteiger partial charge in [-0.05, 0) is 18.3 Å². The molecule has 3 aliphatic rings. The Bertz CT molecular complexity index is 222. The van der Waals surface area contributed by atoms with Crippen LogP contribution in [-0.2, 0) is 9.47 Å². The molecule has 2 nitrogen and oxygen atoms in total. The maximum absolute atomic E-state index is 5.55. The summed E-state index contributed by atoms with van der Waals surface area (Å²) in [5, 5.41) is 0. The first-order valence-electron chi connectivity index (χ1n) is 4.62. The molecule has 3 aliphatic carbocycles. The largest absolute Gasteiger partial charge is 0.352 e. The summed E-state index contributed by atoms with van der Waals surface area (Å²) in [6.45, 7) is 0. The highest BCUT2D eigenvalue weighted by atomic mass is 16.7. The van der Waals surface area contributed by atoms with E-state index in [0.717, 1.165) is 11.8 Å². The van der Waals surface area contributed by atoms with Crippen LogP contribution in [0.2, 0.25) is 0 Å². The van der Waals surface area contributed by atoms with Gasteiger partial charge in [0.1, 0.15) is 0 Å². The molecule has 0 aromatic rings. The summed E-state index contributed by atoms with van der Waals surface area (Å²) in [5.74, 6) is 2.50. The molecule has 66 valence electrons. The van der Waals surface area contributed by atoms with Crippen molar-refractivity contribution >= 4 is 0 Å². The first-order chi connectivity index (χ1) is 5.83. The number of hydrogen-bond acceptors (Lipinski definition) is 2. The van der Waals surface area contributed by atoms with Gasteiger partial charge in [-0.3, -0.25) is 0 Å². The zero-order valence-corrected chi connectivity index (χ0v) is 7.49. The van der Waals surface area contributed by atoms with Crippen molar-refractivity contribution in [3.05, 3.63) is 12.2 Å².